The van der Waals surface area contributed by atoms with Crippen LogP contribution in [0, 0.1) is 24.7 Å². The van der Waals surface area contributed by atoms with Gasteiger partial charge in [0.2, 0.25) is 0 Å². The van der Waals surface area contributed by atoms with Crippen molar-refractivity contribution in [3.8, 4) is 0 Å². The summed E-state index contributed by atoms with van der Waals surface area (Å²) in [5.41, 5.74) is 2.23. The van der Waals surface area contributed by atoms with Gasteiger partial charge in [-0.2, -0.15) is 5.10 Å². The van der Waals surface area contributed by atoms with Crippen molar-refractivity contribution < 1.29 is 4.74 Å². The molecule has 0 aromatic carbocycles. The molecular formula is C17H29BrN2O. The monoisotopic (exact) mass is 356 g/mol. The van der Waals surface area contributed by atoms with Crippen LogP contribution in [-0.2, 0) is 17.9 Å². The van der Waals surface area contributed by atoms with Crippen LogP contribution in [0.4, 0.5) is 0 Å². The molecule has 0 saturated heterocycles. The van der Waals surface area contributed by atoms with Crippen molar-refractivity contribution in [3.05, 3.63) is 15.9 Å². The Morgan fingerprint density at radius 1 is 1.38 bits per heavy atom. The van der Waals surface area contributed by atoms with E-state index in [1.165, 1.54) is 25.0 Å². The SMILES string of the molecule is CCn1nc(C)c(Br)c1COC1CC(C)CCC1C(C)C. The van der Waals surface area contributed by atoms with E-state index in [0.29, 0.717) is 24.5 Å². The van der Waals surface area contributed by atoms with E-state index in [-0.39, 0.29) is 0 Å². The summed E-state index contributed by atoms with van der Waals surface area (Å²) in [6.07, 6.45) is 4.23. The molecule has 0 aliphatic heterocycles. The molecule has 3 atom stereocenters. The van der Waals surface area contributed by atoms with Crippen LogP contribution in [0.1, 0.15) is 58.3 Å². The van der Waals surface area contributed by atoms with E-state index in [1.54, 1.807) is 0 Å². The van der Waals surface area contributed by atoms with Gasteiger partial charge in [-0.3, -0.25) is 4.68 Å². The van der Waals surface area contributed by atoms with Crippen LogP contribution in [-0.4, -0.2) is 15.9 Å². The van der Waals surface area contributed by atoms with E-state index >= 15 is 0 Å². The van der Waals surface area contributed by atoms with Gasteiger partial charge in [0, 0.05) is 6.54 Å². The number of aromatic nitrogens is 2. The molecule has 3 unspecified atom stereocenters. The minimum Gasteiger partial charge on any atom is -0.372 e. The van der Waals surface area contributed by atoms with E-state index in [4.69, 9.17) is 4.74 Å². The number of rotatable bonds is 5. The average Bonchev–Trinajstić information content (AvgIpc) is 2.71. The Labute approximate surface area is 137 Å². The minimum absolute atomic E-state index is 0.390. The number of nitrogens with zero attached hydrogens (tertiary/aromatic N) is 2. The fourth-order valence-electron chi connectivity index (χ4n) is 3.50. The summed E-state index contributed by atoms with van der Waals surface area (Å²) in [4.78, 5) is 0. The molecule has 0 spiro atoms. The van der Waals surface area contributed by atoms with Gasteiger partial charge in [-0.1, -0.05) is 27.2 Å². The molecule has 1 aliphatic carbocycles. The number of hydrogen-bond donors (Lipinski definition) is 0. The summed E-state index contributed by atoms with van der Waals surface area (Å²) in [6, 6.07) is 0. The van der Waals surface area contributed by atoms with E-state index in [1.807, 2.05) is 6.92 Å². The fourth-order valence-corrected chi connectivity index (χ4v) is 3.90. The highest BCUT2D eigenvalue weighted by Crippen LogP contribution is 2.36. The molecular weight excluding hydrogens is 328 g/mol. The van der Waals surface area contributed by atoms with Gasteiger partial charge in [0.1, 0.15) is 0 Å². The van der Waals surface area contributed by atoms with E-state index in [2.05, 4.69) is 53.4 Å². The first kappa shape index (κ1) is 17.0. The molecule has 0 radical (unpaired) electrons. The normalized spacial score (nSPS) is 26.5. The van der Waals surface area contributed by atoms with Gasteiger partial charge < -0.3 is 4.74 Å². The number of ether oxygens (including phenoxy) is 1. The van der Waals surface area contributed by atoms with Crippen LogP contribution in [0.2, 0.25) is 0 Å². The predicted octanol–water partition coefficient (Wildman–Crippen LogP) is 4.95. The molecule has 1 aromatic rings. The first-order valence-electron chi connectivity index (χ1n) is 8.27. The molecule has 0 N–H and O–H groups in total. The highest BCUT2D eigenvalue weighted by atomic mass is 79.9. The number of aryl methyl sites for hydroxylation is 2. The molecule has 1 fully saturated rings. The van der Waals surface area contributed by atoms with Gasteiger partial charge in [0.05, 0.1) is 28.6 Å². The second-order valence-corrected chi connectivity index (χ2v) is 7.63. The molecule has 0 bridgehead atoms. The summed E-state index contributed by atoms with van der Waals surface area (Å²) < 4.78 is 9.52. The predicted molar refractivity (Wildman–Crippen MR) is 90.3 cm³/mol. The maximum absolute atomic E-state index is 6.36. The Morgan fingerprint density at radius 2 is 2.10 bits per heavy atom. The molecule has 0 amide bonds. The lowest BCUT2D eigenvalue weighted by Crippen LogP contribution is -2.34. The van der Waals surface area contributed by atoms with Crippen molar-refractivity contribution in [1.82, 2.24) is 9.78 Å². The summed E-state index contributed by atoms with van der Waals surface area (Å²) >= 11 is 3.66. The van der Waals surface area contributed by atoms with Crippen molar-refractivity contribution in [2.45, 2.75) is 73.1 Å². The Hall–Kier alpha value is -0.350. The third-order valence-electron chi connectivity index (χ3n) is 4.85. The molecule has 2 rings (SSSR count). The molecule has 1 aliphatic rings. The Balaban J connectivity index is 2.06. The molecule has 120 valence electrons. The fraction of sp³-hybridized carbons (Fsp3) is 0.824. The van der Waals surface area contributed by atoms with Gasteiger partial charge in [-0.15, -0.1) is 0 Å². The van der Waals surface area contributed by atoms with E-state index in [0.717, 1.165) is 22.6 Å². The second kappa shape index (κ2) is 7.28. The largest absolute Gasteiger partial charge is 0.372 e. The standard InChI is InChI=1S/C17H29BrN2O/c1-6-20-15(17(18)13(5)19-20)10-21-16-9-12(4)7-8-14(16)11(2)3/h11-12,14,16H,6-10H2,1-5H3. The smallest absolute Gasteiger partial charge is 0.0900 e. The van der Waals surface area contributed by atoms with Gasteiger partial charge in [0.25, 0.3) is 0 Å². The summed E-state index contributed by atoms with van der Waals surface area (Å²) in [7, 11) is 0. The Bertz CT molecular complexity index is 470. The lowest BCUT2D eigenvalue weighted by molar-refractivity contribution is -0.0495. The summed E-state index contributed by atoms with van der Waals surface area (Å²) in [5, 5.41) is 4.55. The number of hydrogen-bond acceptors (Lipinski definition) is 2. The van der Waals surface area contributed by atoms with Gasteiger partial charge >= 0.3 is 0 Å². The zero-order chi connectivity index (χ0) is 15.6. The van der Waals surface area contributed by atoms with Gasteiger partial charge in [0.15, 0.2) is 0 Å². The second-order valence-electron chi connectivity index (χ2n) is 6.84. The zero-order valence-corrected chi connectivity index (χ0v) is 15.6. The van der Waals surface area contributed by atoms with Crippen molar-refractivity contribution in [3.63, 3.8) is 0 Å². The summed E-state index contributed by atoms with van der Waals surface area (Å²) in [6.45, 7) is 12.7. The summed E-state index contributed by atoms with van der Waals surface area (Å²) in [5.74, 6) is 2.18. The van der Waals surface area contributed by atoms with Crippen LogP contribution >= 0.6 is 15.9 Å². The van der Waals surface area contributed by atoms with E-state index < -0.39 is 0 Å². The van der Waals surface area contributed by atoms with Crippen LogP contribution in [0.3, 0.4) is 0 Å². The third-order valence-corrected chi connectivity index (χ3v) is 5.88. The van der Waals surface area contributed by atoms with Crippen LogP contribution < -0.4 is 0 Å². The van der Waals surface area contributed by atoms with Crippen molar-refractivity contribution in [2.75, 3.05) is 0 Å². The van der Waals surface area contributed by atoms with Crippen molar-refractivity contribution in [2.24, 2.45) is 17.8 Å². The van der Waals surface area contributed by atoms with Crippen LogP contribution in [0.25, 0.3) is 0 Å². The van der Waals surface area contributed by atoms with Crippen molar-refractivity contribution >= 4 is 15.9 Å². The highest BCUT2D eigenvalue weighted by Gasteiger charge is 2.31. The number of halogens is 1. The molecule has 1 heterocycles. The average molecular weight is 357 g/mol. The molecule has 1 saturated carbocycles. The quantitative estimate of drug-likeness (QED) is 0.745. The highest BCUT2D eigenvalue weighted by molar-refractivity contribution is 9.10. The topological polar surface area (TPSA) is 27.1 Å². The Morgan fingerprint density at radius 3 is 2.71 bits per heavy atom. The first-order chi connectivity index (χ1) is 9.93. The minimum atomic E-state index is 0.390. The first-order valence-corrected chi connectivity index (χ1v) is 9.06. The maximum atomic E-state index is 6.36. The zero-order valence-electron chi connectivity index (χ0n) is 14.0. The van der Waals surface area contributed by atoms with E-state index in [9.17, 15) is 0 Å². The Kier molecular flexibility index (Phi) is 5.89. The maximum Gasteiger partial charge on any atom is 0.0900 e. The molecule has 1 aromatic heterocycles. The lowest BCUT2D eigenvalue weighted by Gasteiger charge is -2.37. The molecule has 21 heavy (non-hydrogen) atoms. The lowest BCUT2D eigenvalue weighted by atomic mass is 9.75. The molecule has 3 nitrogen and oxygen atoms in total. The van der Waals surface area contributed by atoms with Crippen molar-refractivity contribution in [1.29, 1.82) is 0 Å². The van der Waals surface area contributed by atoms with Crippen LogP contribution in [0.15, 0.2) is 4.47 Å². The third kappa shape index (κ3) is 3.89. The molecule has 4 heteroatoms. The van der Waals surface area contributed by atoms with Gasteiger partial charge in [-0.05, 0) is 60.4 Å². The van der Waals surface area contributed by atoms with Gasteiger partial charge in [-0.25, -0.2) is 0 Å². The van der Waals surface area contributed by atoms with Crippen LogP contribution in [0.5, 0.6) is 0 Å².